The number of rotatable bonds is 6. The summed E-state index contributed by atoms with van der Waals surface area (Å²) < 4.78 is 0. The van der Waals surface area contributed by atoms with Crippen LogP contribution < -0.4 is 5.32 Å². The minimum Gasteiger partial charge on any atom is -0.335 e. The summed E-state index contributed by atoms with van der Waals surface area (Å²) in [5.41, 5.74) is 1.22. The van der Waals surface area contributed by atoms with Gasteiger partial charge in [0.25, 0.3) is 0 Å². The van der Waals surface area contributed by atoms with Gasteiger partial charge < -0.3 is 10.2 Å². The third-order valence-corrected chi connectivity index (χ3v) is 3.40. The average Bonchev–Trinajstić information content (AvgIpc) is 3.21. The smallest absolute Gasteiger partial charge is 0.227 e. The lowest BCUT2D eigenvalue weighted by molar-refractivity contribution is -0.136. The standard InChI is InChI=1S/C15H22N2O/c1-12(10-16-2)15(18)17(14-8-9-14)11-13-6-4-3-5-7-13/h3-7,12,14,16H,8-11H2,1-2H3. The van der Waals surface area contributed by atoms with Crippen molar-refractivity contribution in [2.45, 2.75) is 32.4 Å². The fourth-order valence-electron chi connectivity index (χ4n) is 2.23. The molecule has 18 heavy (non-hydrogen) atoms. The van der Waals surface area contributed by atoms with Crippen molar-refractivity contribution in [2.75, 3.05) is 13.6 Å². The van der Waals surface area contributed by atoms with Gasteiger partial charge in [-0.25, -0.2) is 0 Å². The Morgan fingerprint density at radius 2 is 2.06 bits per heavy atom. The van der Waals surface area contributed by atoms with Gasteiger partial charge >= 0.3 is 0 Å². The van der Waals surface area contributed by atoms with Crippen molar-refractivity contribution < 1.29 is 4.79 Å². The van der Waals surface area contributed by atoms with Gasteiger partial charge in [0.05, 0.1) is 0 Å². The van der Waals surface area contributed by atoms with Crippen LogP contribution in [-0.2, 0) is 11.3 Å². The highest BCUT2D eigenvalue weighted by Gasteiger charge is 2.34. The van der Waals surface area contributed by atoms with Crippen molar-refractivity contribution in [1.29, 1.82) is 0 Å². The van der Waals surface area contributed by atoms with E-state index in [0.717, 1.165) is 25.9 Å². The van der Waals surface area contributed by atoms with Crippen LogP contribution in [0.5, 0.6) is 0 Å². The lowest BCUT2D eigenvalue weighted by atomic mass is 10.1. The third kappa shape index (κ3) is 3.33. The molecule has 3 heteroatoms. The van der Waals surface area contributed by atoms with E-state index in [1.165, 1.54) is 5.56 Å². The zero-order valence-corrected chi connectivity index (χ0v) is 11.2. The van der Waals surface area contributed by atoms with Crippen LogP contribution in [0.15, 0.2) is 30.3 Å². The Balaban J connectivity index is 2.02. The number of benzene rings is 1. The molecule has 1 aliphatic carbocycles. The van der Waals surface area contributed by atoms with E-state index >= 15 is 0 Å². The molecular weight excluding hydrogens is 224 g/mol. The van der Waals surface area contributed by atoms with Crippen LogP contribution in [0.25, 0.3) is 0 Å². The quantitative estimate of drug-likeness (QED) is 0.833. The van der Waals surface area contributed by atoms with E-state index in [1.54, 1.807) is 0 Å². The van der Waals surface area contributed by atoms with Gasteiger partial charge in [-0.3, -0.25) is 4.79 Å². The maximum atomic E-state index is 12.4. The Kier molecular flexibility index (Phi) is 4.37. The molecule has 2 rings (SSSR count). The second-order valence-corrected chi connectivity index (χ2v) is 5.14. The topological polar surface area (TPSA) is 32.3 Å². The molecule has 1 unspecified atom stereocenters. The van der Waals surface area contributed by atoms with Crippen molar-refractivity contribution in [3.05, 3.63) is 35.9 Å². The van der Waals surface area contributed by atoms with Crippen molar-refractivity contribution in [3.8, 4) is 0 Å². The normalized spacial score (nSPS) is 16.3. The van der Waals surface area contributed by atoms with Crippen LogP contribution in [-0.4, -0.2) is 30.4 Å². The molecule has 1 amide bonds. The largest absolute Gasteiger partial charge is 0.335 e. The van der Waals surface area contributed by atoms with Crippen molar-refractivity contribution in [3.63, 3.8) is 0 Å². The first-order valence-corrected chi connectivity index (χ1v) is 6.71. The van der Waals surface area contributed by atoms with Crippen LogP contribution in [0.3, 0.4) is 0 Å². The molecule has 3 nitrogen and oxygen atoms in total. The van der Waals surface area contributed by atoms with E-state index in [9.17, 15) is 4.79 Å². The summed E-state index contributed by atoms with van der Waals surface area (Å²) in [5.74, 6) is 0.329. The van der Waals surface area contributed by atoms with Gasteiger partial charge in [0.2, 0.25) is 5.91 Å². The molecule has 0 bridgehead atoms. The van der Waals surface area contributed by atoms with Gasteiger partial charge in [0.1, 0.15) is 0 Å². The first-order valence-electron chi connectivity index (χ1n) is 6.71. The van der Waals surface area contributed by atoms with E-state index in [0.29, 0.717) is 6.04 Å². The first-order chi connectivity index (χ1) is 8.72. The first kappa shape index (κ1) is 13.1. The van der Waals surface area contributed by atoms with Crippen molar-refractivity contribution in [1.82, 2.24) is 10.2 Å². The molecule has 1 aromatic rings. The zero-order valence-electron chi connectivity index (χ0n) is 11.2. The number of carbonyl (C=O) groups excluding carboxylic acids is 1. The molecule has 0 heterocycles. The van der Waals surface area contributed by atoms with Crippen LogP contribution in [0, 0.1) is 5.92 Å². The number of nitrogens with zero attached hydrogens (tertiary/aromatic N) is 1. The number of nitrogens with one attached hydrogen (secondary N) is 1. The minimum atomic E-state index is 0.0549. The average molecular weight is 246 g/mol. The fourth-order valence-corrected chi connectivity index (χ4v) is 2.23. The van der Waals surface area contributed by atoms with E-state index in [2.05, 4.69) is 22.3 Å². The maximum Gasteiger partial charge on any atom is 0.227 e. The fraction of sp³-hybridized carbons (Fsp3) is 0.533. The summed E-state index contributed by atoms with van der Waals surface area (Å²) in [5, 5.41) is 3.08. The molecule has 0 saturated heterocycles. The molecule has 1 atom stereocenters. The van der Waals surface area contributed by atoms with Gasteiger partial charge in [0.15, 0.2) is 0 Å². The van der Waals surface area contributed by atoms with Gasteiger partial charge in [0, 0.05) is 25.0 Å². The molecule has 98 valence electrons. The summed E-state index contributed by atoms with van der Waals surface area (Å²) in [6.07, 6.45) is 2.32. The monoisotopic (exact) mass is 246 g/mol. The Morgan fingerprint density at radius 3 is 2.61 bits per heavy atom. The molecule has 0 aliphatic heterocycles. The molecule has 0 aromatic heterocycles. The third-order valence-electron chi connectivity index (χ3n) is 3.40. The van der Waals surface area contributed by atoms with Crippen molar-refractivity contribution >= 4 is 5.91 Å². The molecular formula is C15H22N2O. The zero-order chi connectivity index (χ0) is 13.0. The number of hydrogen-bond donors (Lipinski definition) is 1. The van der Waals surface area contributed by atoms with Gasteiger partial charge in [-0.15, -0.1) is 0 Å². The molecule has 1 fully saturated rings. The van der Waals surface area contributed by atoms with E-state index < -0.39 is 0 Å². The lowest BCUT2D eigenvalue weighted by Crippen LogP contribution is -2.39. The Bertz CT molecular complexity index is 387. The van der Waals surface area contributed by atoms with E-state index in [1.807, 2.05) is 32.2 Å². The Labute approximate surface area is 109 Å². The van der Waals surface area contributed by atoms with Gasteiger partial charge in [-0.2, -0.15) is 0 Å². The minimum absolute atomic E-state index is 0.0549. The summed E-state index contributed by atoms with van der Waals surface area (Å²) in [4.78, 5) is 14.5. The maximum absolute atomic E-state index is 12.4. The SMILES string of the molecule is CNCC(C)C(=O)N(Cc1ccccc1)C1CC1. The highest BCUT2D eigenvalue weighted by atomic mass is 16.2. The summed E-state index contributed by atoms with van der Waals surface area (Å²) in [7, 11) is 1.89. The second kappa shape index (κ2) is 6.01. The van der Waals surface area contributed by atoms with Gasteiger partial charge in [-0.1, -0.05) is 37.3 Å². The molecule has 1 saturated carbocycles. The van der Waals surface area contributed by atoms with E-state index in [4.69, 9.17) is 0 Å². The molecule has 1 N–H and O–H groups in total. The highest BCUT2D eigenvalue weighted by molar-refractivity contribution is 5.79. The Hall–Kier alpha value is -1.35. The number of carbonyl (C=O) groups is 1. The summed E-state index contributed by atoms with van der Waals surface area (Å²) >= 11 is 0. The molecule has 0 radical (unpaired) electrons. The van der Waals surface area contributed by atoms with Crippen molar-refractivity contribution in [2.24, 2.45) is 5.92 Å². The van der Waals surface area contributed by atoms with Gasteiger partial charge in [-0.05, 0) is 25.5 Å². The summed E-state index contributed by atoms with van der Waals surface area (Å²) in [6, 6.07) is 10.7. The van der Waals surface area contributed by atoms with Crippen LogP contribution >= 0.6 is 0 Å². The molecule has 0 spiro atoms. The van der Waals surface area contributed by atoms with Crippen LogP contribution in [0.4, 0.5) is 0 Å². The van der Waals surface area contributed by atoms with E-state index in [-0.39, 0.29) is 11.8 Å². The predicted molar refractivity (Wildman–Crippen MR) is 73.1 cm³/mol. The second-order valence-electron chi connectivity index (χ2n) is 5.14. The molecule has 1 aromatic carbocycles. The van der Waals surface area contributed by atoms with Crippen LogP contribution in [0.1, 0.15) is 25.3 Å². The summed E-state index contributed by atoms with van der Waals surface area (Å²) in [6.45, 7) is 3.49. The highest BCUT2D eigenvalue weighted by Crippen LogP contribution is 2.29. The van der Waals surface area contributed by atoms with Crippen LogP contribution in [0.2, 0.25) is 0 Å². The Morgan fingerprint density at radius 1 is 1.39 bits per heavy atom. The predicted octanol–water partition coefficient (Wildman–Crippen LogP) is 2.03. The molecule has 1 aliphatic rings. The number of amides is 1. The lowest BCUT2D eigenvalue weighted by Gasteiger charge is -2.26. The number of hydrogen-bond acceptors (Lipinski definition) is 2.